The maximum atomic E-state index is 13.4. The highest BCUT2D eigenvalue weighted by Crippen LogP contribution is 2.43. The molecule has 1 aliphatic rings. The van der Waals surface area contributed by atoms with E-state index in [-0.39, 0.29) is 17.5 Å². The smallest absolute Gasteiger partial charge is 0.312 e. The van der Waals surface area contributed by atoms with Gasteiger partial charge in [0.2, 0.25) is 0 Å². The lowest BCUT2D eigenvalue weighted by molar-refractivity contribution is -0.171. The van der Waals surface area contributed by atoms with Gasteiger partial charge in [0.1, 0.15) is 11.4 Å². The van der Waals surface area contributed by atoms with Gasteiger partial charge in [0.25, 0.3) is 0 Å². The Morgan fingerprint density at radius 1 is 0.969 bits per heavy atom. The molecule has 0 spiro atoms. The van der Waals surface area contributed by atoms with Gasteiger partial charge in [0.15, 0.2) is 0 Å². The number of carbonyl (C=O) groups is 1. The standard InChI is InChI=1S/C29H40O3/c1-5-22(24-14-16-26(30)17-15-24)20-25(23-12-8-7-9-13-23)21-28(3,4)27(31)32-29(6-2)18-10-11-19-29/h7-9,12-17,22,25,30H,5-6,10-11,18-21H2,1-4H3. The molecule has 3 nitrogen and oxygen atoms in total. The van der Waals surface area contributed by atoms with Gasteiger partial charge < -0.3 is 9.84 Å². The molecule has 0 amide bonds. The zero-order chi connectivity index (χ0) is 23.2. The van der Waals surface area contributed by atoms with Crippen LogP contribution in [0.4, 0.5) is 0 Å². The van der Waals surface area contributed by atoms with Crippen LogP contribution in [0.15, 0.2) is 54.6 Å². The third kappa shape index (κ3) is 5.94. The Kier molecular flexibility index (Phi) is 8.03. The van der Waals surface area contributed by atoms with Gasteiger partial charge in [-0.2, -0.15) is 0 Å². The Morgan fingerprint density at radius 3 is 2.12 bits per heavy atom. The molecule has 2 atom stereocenters. The average Bonchev–Trinajstić information content (AvgIpc) is 3.27. The fourth-order valence-electron chi connectivity index (χ4n) is 5.27. The van der Waals surface area contributed by atoms with Crippen LogP contribution in [0, 0.1) is 5.41 Å². The number of phenolic OH excluding ortho intramolecular Hbond substituents is 1. The fourth-order valence-corrected chi connectivity index (χ4v) is 5.27. The van der Waals surface area contributed by atoms with Gasteiger partial charge in [0.05, 0.1) is 5.41 Å². The predicted octanol–water partition coefficient (Wildman–Crippen LogP) is 7.74. The molecule has 1 fully saturated rings. The van der Waals surface area contributed by atoms with E-state index in [1.165, 1.54) is 11.1 Å². The minimum atomic E-state index is -0.557. The number of esters is 1. The summed E-state index contributed by atoms with van der Waals surface area (Å²) in [6, 6.07) is 18.2. The number of phenols is 1. The highest BCUT2D eigenvalue weighted by molar-refractivity contribution is 5.76. The summed E-state index contributed by atoms with van der Waals surface area (Å²) in [6.07, 6.45) is 7.91. The quantitative estimate of drug-likeness (QED) is 0.387. The van der Waals surface area contributed by atoms with Crippen molar-refractivity contribution >= 4 is 5.97 Å². The molecule has 32 heavy (non-hydrogen) atoms. The molecule has 1 saturated carbocycles. The van der Waals surface area contributed by atoms with E-state index in [0.29, 0.717) is 11.7 Å². The summed E-state index contributed by atoms with van der Waals surface area (Å²) in [4.78, 5) is 13.4. The minimum absolute atomic E-state index is 0.0557. The predicted molar refractivity (Wildman–Crippen MR) is 131 cm³/mol. The summed E-state index contributed by atoms with van der Waals surface area (Å²) in [5, 5.41) is 9.69. The Morgan fingerprint density at radius 2 is 1.56 bits per heavy atom. The molecule has 2 aromatic carbocycles. The Bertz CT molecular complexity index is 848. The molecule has 2 aromatic rings. The molecule has 174 valence electrons. The second-order valence-corrected chi connectivity index (χ2v) is 10.3. The second-order valence-electron chi connectivity index (χ2n) is 10.3. The van der Waals surface area contributed by atoms with Crippen molar-refractivity contribution in [2.75, 3.05) is 0 Å². The fraction of sp³-hybridized carbons (Fsp3) is 0.552. The minimum Gasteiger partial charge on any atom is -0.508 e. The molecular weight excluding hydrogens is 396 g/mol. The maximum absolute atomic E-state index is 13.4. The summed E-state index contributed by atoms with van der Waals surface area (Å²) in [5.41, 5.74) is 1.70. The first-order valence-electron chi connectivity index (χ1n) is 12.4. The third-order valence-corrected chi connectivity index (χ3v) is 7.47. The molecular formula is C29H40O3. The zero-order valence-electron chi connectivity index (χ0n) is 20.3. The lowest BCUT2D eigenvalue weighted by atomic mass is 9.74. The van der Waals surface area contributed by atoms with E-state index in [1.807, 2.05) is 32.0 Å². The van der Waals surface area contributed by atoms with E-state index in [4.69, 9.17) is 4.74 Å². The maximum Gasteiger partial charge on any atom is 0.312 e. The van der Waals surface area contributed by atoms with Crippen molar-refractivity contribution in [1.29, 1.82) is 0 Å². The van der Waals surface area contributed by atoms with Crippen LogP contribution in [0.3, 0.4) is 0 Å². The lowest BCUT2D eigenvalue weighted by Gasteiger charge is -2.35. The number of hydrogen-bond donors (Lipinski definition) is 1. The Balaban J connectivity index is 1.80. The number of ether oxygens (including phenoxy) is 1. The molecule has 1 N–H and O–H groups in total. The van der Waals surface area contributed by atoms with Gasteiger partial charge >= 0.3 is 5.97 Å². The molecule has 0 heterocycles. The summed E-state index contributed by atoms with van der Waals surface area (Å²) >= 11 is 0. The topological polar surface area (TPSA) is 46.5 Å². The molecule has 0 radical (unpaired) electrons. The normalized spacial score (nSPS) is 17.6. The van der Waals surface area contributed by atoms with Crippen LogP contribution < -0.4 is 0 Å². The first-order valence-corrected chi connectivity index (χ1v) is 12.4. The van der Waals surface area contributed by atoms with Crippen molar-refractivity contribution in [3.63, 3.8) is 0 Å². The van der Waals surface area contributed by atoms with Crippen LogP contribution in [0.25, 0.3) is 0 Å². The van der Waals surface area contributed by atoms with E-state index in [2.05, 4.69) is 38.1 Å². The second kappa shape index (κ2) is 10.6. The Labute approximate surface area is 194 Å². The average molecular weight is 437 g/mol. The highest BCUT2D eigenvalue weighted by atomic mass is 16.6. The van der Waals surface area contributed by atoms with E-state index in [1.54, 1.807) is 12.1 Å². The summed E-state index contributed by atoms with van der Waals surface area (Å²) < 4.78 is 6.21. The summed E-state index contributed by atoms with van der Waals surface area (Å²) in [6.45, 7) is 8.45. The number of rotatable bonds is 10. The molecule has 0 saturated heterocycles. The molecule has 0 bridgehead atoms. The highest BCUT2D eigenvalue weighted by Gasteiger charge is 2.41. The van der Waals surface area contributed by atoms with Crippen LogP contribution >= 0.6 is 0 Å². The van der Waals surface area contributed by atoms with Crippen LogP contribution in [-0.2, 0) is 9.53 Å². The Hall–Kier alpha value is -2.29. The van der Waals surface area contributed by atoms with Crippen molar-refractivity contribution in [3.8, 4) is 5.75 Å². The first-order chi connectivity index (χ1) is 15.3. The van der Waals surface area contributed by atoms with Crippen LogP contribution in [0.2, 0.25) is 0 Å². The molecule has 0 aromatic heterocycles. The van der Waals surface area contributed by atoms with Crippen molar-refractivity contribution in [3.05, 3.63) is 65.7 Å². The summed E-state index contributed by atoms with van der Waals surface area (Å²) in [7, 11) is 0. The van der Waals surface area contributed by atoms with Crippen molar-refractivity contribution < 1.29 is 14.6 Å². The van der Waals surface area contributed by atoms with E-state index >= 15 is 0 Å². The van der Waals surface area contributed by atoms with Crippen LogP contribution in [0.5, 0.6) is 5.75 Å². The largest absolute Gasteiger partial charge is 0.508 e. The van der Waals surface area contributed by atoms with Gasteiger partial charge in [-0.05, 0) is 100 Å². The van der Waals surface area contributed by atoms with Crippen molar-refractivity contribution in [2.24, 2.45) is 5.41 Å². The van der Waals surface area contributed by atoms with E-state index < -0.39 is 5.41 Å². The monoisotopic (exact) mass is 436 g/mol. The van der Waals surface area contributed by atoms with Gasteiger partial charge in [-0.1, -0.05) is 56.3 Å². The number of benzene rings is 2. The lowest BCUT2D eigenvalue weighted by Crippen LogP contribution is -2.38. The molecule has 1 aliphatic carbocycles. The van der Waals surface area contributed by atoms with Crippen LogP contribution in [0.1, 0.15) is 102 Å². The first kappa shape index (κ1) is 24.4. The number of hydrogen-bond acceptors (Lipinski definition) is 3. The molecule has 3 rings (SSSR count). The third-order valence-electron chi connectivity index (χ3n) is 7.47. The number of carbonyl (C=O) groups excluding carboxylic acids is 1. The number of aromatic hydroxyl groups is 1. The zero-order valence-corrected chi connectivity index (χ0v) is 20.3. The van der Waals surface area contributed by atoms with Gasteiger partial charge in [-0.25, -0.2) is 0 Å². The van der Waals surface area contributed by atoms with Crippen LogP contribution in [-0.4, -0.2) is 16.7 Å². The summed E-state index contributed by atoms with van der Waals surface area (Å²) in [5.74, 6) is 0.854. The van der Waals surface area contributed by atoms with Gasteiger partial charge in [-0.15, -0.1) is 0 Å². The van der Waals surface area contributed by atoms with Gasteiger partial charge in [-0.3, -0.25) is 4.79 Å². The van der Waals surface area contributed by atoms with E-state index in [0.717, 1.165) is 51.4 Å². The van der Waals surface area contributed by atoms with E-state index in [9.17, 15) is 9.90 Å². The van der Waals surface area contributed by atoms with Crippen molar-refractivity contribution in [2.45, 2.75) is 96.5 Å². The molecule has 0 aliphatic heterocycles. The van der Waals surface area contributed by atoms with Crippen molar-refractivity contribution in [1.82, 2.24) is 0 Å². The molecule has 2 unspecified atom stereocenters. The van der Waals surface area contributed by atoms with Gasteiger partial charge in [0, 0.05) is 0 Å². The SMILES string of the molecule is CCC(CC(CC(C)(C)C(=O)OC1(CC)CCCC1)c1ccccc1)c1ccc(O)cc1. The molecule has 3 heteroatoms.